The topological polar surface area (TPSA) is 35.5 Å². The first-order valence-corrected chi connectivity index (χ1v) is 4.31. The number of halogens is 3. The van der Waals surface area contributed by atoms with Crippen LogP contribution in [0.5, 0.6) is 5.75 Å². The minimum absolute atomic E-state index is 0.389. The number of benzene rings is 1. The first-order valence-electron chi connectivity index (χ1n) is 4.31. The van der Waals surface area contributed by atoms with Gasteiger partial charge in [-0.1, -0.05) is 12.1 Å². The van der Waals surface area contributed by atoms with E-state index < -0.39 is 24.3 Å². The summed E-state index contributed by atoms with van der Waals surface area (Å²) in [4.78, 5) is 10.7. The molecule has 0 unspecified atom stereocenters. The second kappa shape index (κ2) is 4.87. The second-order valence-electron chi connectivity index (χ2n) is 2.86. The van der Waals surface area contributed by atoms with E-state index in [9.17, 15) is 18.0 Å². The number of esters is 1. The molecular formula is C10H9F3O3. The Balaban J connectivity index is 2.84. The summed E-state index contributed by atoms with van der Waals surface area (Å²) in [7, 11) is 1.13. The monoisotopic (exact) mass is 234 g/mol. The lowest BCUT2D eigenvalue weighted by atomic mass is 10.2. The molecule has 0 fully saturated rings. The molecule has 16 heavy (non-hydrogen) atoms. The largest absolute Gasteiger partial charge is 0.481 e. The third-order valence-electron chi connectivity index (χ3n) is 1.77. The van der Waals surface area contributed by atoms with E-state index in [-0.39, 0.29) is 5.75 Å². The van der Waals surface area contributed by atoms with Crippen molar-refractivity contribution in [3.8, 4) is 5.75 Å². The second-order valence-corrected chi connectivity index (χ2v) is 2.86. The Bertz CT molecular complexity index is 374. The van der Waals surface area contributed by atoms with Gasteiger partial charge >= 0.3 is 12.1 Å². The third-order valence-corrected chi connectivity index (χ3v) is 1.77. The first-order chi connectivity index (χ1) is 7.45. The fourth-order valence-electron chi connectivity index (χ4n) is 1.02. The summed E-state index contributed by atoms with van der Waals surface area (Å²) in [6, 6.07) is 4.66. The standard InChI is InChI=1S/C10H9F3O3/c1-15-9(14)6-16-8-5-3-2-4-7(8)10(11,12)13/h2-5H,6H2,1H3. The Labute approximate surface area is 89.8 Å². The maximum atomic E-state index is 12.5. The van der Waals surface area contributed by atoms with Crippen molar-refractivity contribution in [2.75, 3.05) is 13.7 Å². The lowest BCUT2D eigenvalue weighted by Crippen LogP contribution is -2.15. The van der Waals surface area contributed by atoms with Crippen LogP contribution in [0, 0.1) is 0 Å². The van der Waals surface area contributed by atoms with Crippen LogP contribution in [0.3, 0.4) is 0 Å². The van der Waals surface area contributed by atoms with E-state index in [1.807, 2.05) is 0 Å². The van der Waals surface area contributed by atoms with Crippen molar-refractivity contribution < 1.29 is 27.4 Å². The molecule has 0 saturated carbocycles. The van der Waals surface area contributed by atoms with Gasteiger partial charge in [-0.3, -0.25) is 0 Å². The number of ether oxygens (including phenoxy) is 2. The molecular weight excluding hydrogens is 225 g/mol. The van der Waals surface area contributed by atoms with Crippen molar-refractivity contribution in [3.05, 3.63) is 29.8 Å². The molecule has 0 atom stereocenters. The van der Waals surface area contributed by atoms with Gasteiger partial charge in [-0.05, 0) is 12.1 Å². The molecule has 88 valence electrons. The van der Waals surface area contributed by atoms with Crippen molar-refractivity contribution in [2.24, 2.45) is 0 Å². The van der Waals surface area contributed by atoms with E-state index in [0.717, 1.165) is 19.2 Å². The van der Waals surface area contributed by atoms with Crippen molar-refractivity contribution in [2.45, 2.75) is 6.18 Å². The molecule has 0 heterocycles. The SMILES string of the molecule is COC(=O)COc1ccccc1C(F)(F)F. The fraction of sp³-hybridized carbons (Fsp3) is 0.300. The Morgan fingerprint density at radius 1 is 1.31 bits per heavy atom. The normalized spacial score (nSPS) is 11.0. The zero-order valence-electron chi connectivity index (χ0n) is 8.38. The van der Waals surface area contributed by atoms with Crippen LogP contribution in [0.15, 0.2) is 24.3 Å². The number of rotatable bonds is 3. The van der Waals surface area contributed by atoms with E-state index in [1.54, 1.807) is 0 Å². The molecule has 1 rings (SSSR count). The molecule has 0 aliphatic carbocycles. The molecule has 0 spiro atoms. The van der Waals surface area contributed by atoms with E-state index in [4.69, 9.17) is 4.74 Å². The maximum absolute atomic E-state index is 12.5. The van der Waals surface area contributed by atoms with Crippen LogP contribution in [0.2, 0.25) is 0 Å². The van der Waals surface area contributed by atoms with Crippen molar-refractivity contribution in [3.63, 3.8) is 0 Å². The number of hydrogen-bond donors (Lipinski definition) is 0. The summed E-state index contributed by atoms with van der Waals surface area (Å²) < 4.78 is 46.3. The highest BCUT2D eigenvalue weighted by molar-refractivity contribution is 5.70. The number of para-hydroxylation sites is 1. The Morgan fingerprint density at radius 3 is 2.50 bits per heavy atom. The number of carbonyl (C=O) groups excluding carboxylic acids is 1. The van der Waals surface area contributed by atoms with E-state index >= 15 is 0 Å². The molecule has 3 nitrogen and oxygen atoms in total. The van der Waals surface area contributed by atoms with Crippen LogP contribution in [0.4, 0.5) is 13.2 Å². The minimum Gasteiger partial charge on any atom is -0.481 e. The van der Waals surface area contributed by atoms with E-state index in [2.05, 4.69) is 4.74 Å². The zero-order valence-corrected chi connectivity index (χ0v) is 8.38. The number of alkyl halides is 3. The van der Waals surface area contributed by atoms with Gasteiger partial charge in [0.25, 0.3) is 0 Å². The Morgan fingerprint density at radius 2 is 1.94 bits per heavy atom. The summed E-state index contributed by atoms with van der Waals surface area (Å²) in [6.07, 6.45) is -4.51. The van der Waals surface area contributed by atoms with Crippen LogP contribution < -0.4 is 4.74 Å². The highest BCUT2D eigenvalue weighted by Crippen LogP contribution is 2.35. The van der Waals surface area contributed by atoms with Gasteiger partial charge in [-0.25, -0.2) is 4.79 Å². The molecule has 0 aromatic heterocycles. The average molecular weight is 234 g/mol. The molecule has 0 radical (unpaired) electrons. The maximum Gasteiger partial charge on any atom is 0.419 e. The minimum atomic E-state index is -4.51. The third kappa shape index (κ3) is 3.15. The quantitative estimate of drug-likeness (QED) is 0.752. The fourth-order valence-corrected chi connectivity index (χ4v) is 1.02. The predicted octanol–water partition coefficient (Wildman–Crippen LogP) is 2.26. The summed E-state index contributed by atoms with van der Waals surface area (Å²) >= 11 is 0. The van der Waals surface area contributed by atoms with Crippen molar-refractivity contribution in [1.82, 2.24) is 0 Å². The molecule has 0 N–H and O–H groups in total. The predicted molar refractivity (Wildman–Crippen MR) is 49.0 cm³/mol. The number of carbonyl (C=O) groups is 1. The van der Waals surface area contributed by atoms with Crippen LogP contribution in [-0.2, 0) is 15.7 Å². The van der Waals surface area contributed by atoms with Gasteiger partial charge in [0, 0.05) is 0 Å². The zero-order chi connectivity index (χ0) is 12.2. The highest BCUT2D eigenvalue weighted by atomic mass is 19.4. The van der Waals surface area contributed by atoms with Crippen molar-refractivity contribution in [1.29, 1.82) is 0 Å². The molecule has 0 saturated heterocycles. The van der Waals surface area contributed by atoms with Crippen LogP contribution in [-0.4, -0.2) is 19.7 Å². The van der Waals surface area contributed by atoms with Crippen molar-refractivity contribution >= 4 is 5.97 Å². The van der Waals surface area contributed by atoms with Gasteiger partial charge < -0.3 is 9.47 Å². The van der Waals surface area contributed by atoms with Gasteiger partial charge in [0.2, 0.25) is 0 Å². The van der Waals surface area contributed by atoms with E-state index in [1.165, 1.54) is 12.1 Å². The molecule has 1 aromatic rings. The lowest BCUT2D eigenvalue weighted by Gasteiger charge is -2.12. The first kappa shape index (κ1) is 12.4. The molecule has 0 aliphatic rings. The molecule has 0 bridgehead atoms. The Hall–Kier alpha value is -1.72. The van der Waals surface area contributed by atoms with Crippen LogP contribution in [0.1, 0.15) is 5.56 Å². The highest BCUT2D eigenvalue weighted by Gasteiger charge is 2.34. The Kier molecular flexibility index (Phi) is 3.76. The number of methoxy groups -OCH3 is 1. The van der Waals surface area contributed by atoms with Crippen LogP contribution >= 0.6 is 0 Å². The van der Waals surface area contributed by atoms with Gasteiger partial charge in [-0.15, -0.1) is 0 Å². The van der Waals surface area contributed by atoms with E-state index in [0.29, 0.717) is 0 Å². The van der Waals surface area contributed by atoms with Crippen LogP contribution in [0.25, 0.3) is 0 Å². The summed E-state index contributed by atoms with van der Waals surface area (Å²) in [6.45, 7) is -0.552. The van der Waals surface area contributed by atoms with Gasteiger partial charge in [0.05, 0.1) is 12.7 Å². The lowest BCUT2D eigenvalue weighted by molar-refractivity contribution is -0.145. The van der Waals surface area contributed by atoms with Gasteiger partial charge in [-0.2, -0.15) is 13.2 Å². The summed E-state index contributed by atoms with van der Waals surface area (Å²) in [5, 5.41) is 0. The summed E-state index contributed by atoms with van der Waals surface area (Å²) in [5.74, 6) is -1.13. The molecule has 0 amide bonds. The molecule has 1 aromatic carbocycles. The molecule has 6 heteroatoms. The van der Waals surface area contributed by atoms with Gasteiger partial charge in [0.15, 0.2) is 6.61 Å². The van der Waals surface area contributed by atoms with Gasteiger partial charge in [0.1, 0.15) is 5.75 Å². The summed E-state index contributed by atoms with van der Waals surface area (Å²) in [5.41, 5.74) is -0.918. The average Bonchev–Trinajstić information content (AvgIpc) is 2.25. The smallest absolute Gasteiger partial charge is 0.419 e. The number of hydrogen-bond acceptors (Lipinski definition) is 3. The molecule has 0 aliphatic heterocycles.